The summed E-state index contributed by atoms with van der Waals surface area (Å²) < 4.78 is 54.4. The van der Waals surface area contributed by atoms with E-state index in [0.29, 0.717) is 85.5 Å². The number of aromatic amines is 1. The number of H-pyrrole nitrogens is 1. The van der Waals surface area contributed by atoms with Crippen molar-refractivity contribution in [3.63, 3.8) is 0 Å². The molecule has 3 atom stereocenters. The molecule has 1 spiro atoms. The van der Waals surface area contributed by atoms with E-state index in [-0.39, 0.29) is 34.7 Å². The zero-order valence-electron chi connectivity index (χ0n) is 47.3. The first-order valence-electron chi connectivity index (χ1n) is 28.8. The highest BCUT2D eigenvalue weighted by atomic mass is 32.2. The van der Waals surface area contributed by atoms with Crippen molar-refractivity contribution in [2.45, 2.75) is 126 Å². The molecule has 0 radical (unpaired) electrons. The molecule has 6 aliphatic rings. The maximum atomic E-state index is 14.8. The average molecular weight is 1160 g/mol. The number of pyridine rings is 2. The Bertz CT molecular complexity index is 3450. The number of benzene rings is 2. The van der Waals surface area contributed by atoms with Crippen molar-refractivity contribution in [1.82, 2.24) is 29.5 Å². The molecule has 2 aromatic carbocycles. The molecule has 20 nitrogen and oxygen atoms in total. The van der Waals surface area contributed by atoms with Gasteiger partial charge in [-0.3, -0.25) is 24.7 Å². The number of carbonyl (C=O) groups excluding carboxylic acids is 1. The number of fused-ring (bicyclic) bond motifs is 3. The lowest BCUT2D eigenvalue weighted by Gasteiger charge is -2.58. The highest BCUT2D eigenvalue weighted by Crippen LogP contribution is 2.54. The molecule has 1 amide bonds. The first-order valence-corrected chi connectivity index (χ1v) is 31.2. The van der Waals surface area contributed by atoms with Crippen LogP contribution < -0.4 is 34.0 Å². The van der Waals surface area contributed by atoms with E-state index in [4.69, 9.17) is 23.9 Å². The number of anilines is 4. The number of piperazine rings is 1. The van der Waals surface area contributed by atoms with Crippen molar-refractivity contribution in [3.05, 3.63) is 110 Å². The van der Waals surface area contributed by atoms with Crippen molar-refractivity contribution in [1.29, 1.82) is 0 Å². The number of thiophene rings is 1. The number of hydrogen-bond donors (Lipinski definition) is 4. The molecule has 8 heterocycles. The van der Waals surface area contributed by atoms with Gasteiger partial charge in [0.25, 0.3) is 27.5 Å². The summed E-state index contributed by atoms with van der Waals surface area (Å²) in [5.41, 5.74) is 5.96. The number of nitro groups is 1. The molecule has 0 unspecified atom stereocenters. The Kier molecular flexibility index (Phi) is 15.4. The molecule has 3 saturated heterocycles. The van der Waals surface area contributed by atoms with Gasteiger partial charge in [0.1, 0.15) is 23.1 Å². The van der Waals surface area contributed by atoms with Crippen LogP contribution >= 0.6 is 11.3 Å². The van der Waals surface area contributed by atoms with Crippen LogP contribution in [0.15, 0.2) is 82.6 Å². The predicted octanol–water partition coefficient (Wildman–Crippen LogP) is 9.54. The largest absolute Gasteiger partial charge is 0.491 e. The Labute approximate surface area is 482 Å². The van der Waals surface area contributed by atoms with Crippen LogP contribution in [-0.2, 0) is 21.3 Å². The summed E-state index contributed by atoms with van der Waals surface area (Å²) in [6.45, 7) is 12.8. The van der Waals surface area contributed by atoms with Gasteiger partial charge < -0.3 is 44.2 Å². The number of methoxy groups -OCH3 is 2. The normalized spacial score (nSPS) is 24.1. The van der Waals surface area contributed by atoms with Crippen molar-refractivity contribution >= 4 is 66.7 Å². The average Bonchev–Trinajstić information content (AvgIpc) is 2.91. The molecule has 4 aliphatic heterocycles. The van der Waals surface area contributed by atoms with E-state index in [1.165, 1.54) is 23.3 Å². The molecule has 22 heteroatoms. The summed E-state index contributed by atoms with van der Waals surface area (Å²) in [5, 5.41) is 31.6. The van der Waals surface area contributed by atoms with Crippen LogP contribution in [0.2, 0.25) is 0 Å². The smallest absolute Gasteiger partial charge is 0.293 e. The highest BCUT2D eigenvalue weighted by molar-refractivity contribution is 7.90. The minimum Gasteiger partial charge on any atom is -0.491 e. The van der Waals surface area contributed by atoms with Gasteiger partial charge in [-0.15, -0.1) is 0 Å². The first kappa shape index (κ1) is 55.9. The lowest BCUT2D eigenvalue weighted by Crippen LogP contribution is -2.59. The second kappa shape index (κ2) is 22.5. The van der Waals surface area contributed by atoms with Crippen molar-refractivity contribution in [3.8, 4) is 17.5 Å². The molecule has 436 valence electrons. The standard InChI is InChI=1S/C60H74N10O10S2/c1-37(2)45-35-81-36-46(45)52-33-66(32-39-24-53(77-4)58(78-5)63-31-39)21-22-68(52)42-28-60(29-42)16-19-67(20-17-60)41-6-8-44(49(26-41)69-48-13-23-79-34-54(48)80-57-51(69)25-40-12-18-61-55(40)64-57)56(71)65-82(75,76)43-7-9-47(50(27-43)70(73)74)62-30-38-10-14-59(3,72)15-11-38/h6-9,12,18,24-27,31,35-38,42,48,52,54,62,72H,10-11,13-17,19-23,28-30,32-34H2,1-5H3,(H,61,64)(H,65,71)/t38?,48-,52-,54-,59?/m0/s1. The van der Waals surface area contributed by atoms with E-state index in [2.05, 4.69) is 64.2 Å². The van der Waals surface area contributed by atoms with Crippen LogP contribution in [0.3, 0.4) is 0 Å². The third-order valence-corrected chi connectivity index (χ3v) is 20.6. The van der Waals surface area contributed by atoms with Crippen LogP contribution in [0.4, 0.5) is 28.4 Å². The minimum atomic E-state index is -4.64. The van der Waals surface area contributed by atoms with Crippen molar-refractivity contribution in [2.24, 2.45) is 11.3 Å². The number of hydrogen-bond acceptors (Lipinski definition) is 18. The van der Waals surface area contributed by atoms with E-state index in [9.17, 15) is 28.4 Å². The van der Waals surface area contributed by atoms with Gasteiger partial charge in [-0.05, 0) is 158 Å². The number of aromatic nitrogens is 3. The van der Waals surface area contributed by atoms with Crippen LogP contribution in [0.25, 0.3) is 11.0 Å². The van der Waals surface area contributed by atoms with Crippen LogP contribution in [0.5, 0.6) is 17.5 Å². The van der Waals surface area contributed by atoms with Gasteiger partial charge in [-0.1, -0.05) is 13.8 Å². The number of piperidine rings is 1. The van der Waals surface area contributed by atoms with Crippen molar-refractivity contribution < 1.29 is 42.2 Å². The van der Waals surface area contributed by atoms with E-state index in [1.807, 2.05) is 49.6 Å². The maximum absolute atomic E-state index is 14.8. The lowest BCUT2D eigenvalue weighted by atomic mass is 9.59. The molecule has 6 aromatic rings. The quantitative estimate of drug-likeness (QED) is 0.0522. The number of carbonyl (C=O) groups is 1. The minimum absolute atomic E-state index is 0.107. The Morgan fingerprint density at radius 2 is 1.79 bits per heavy atom. The summed E-state index contributed by atoms with van der Waals surface area (Å²) in [7, 11) is -1.39. The Morgan fingerprint density at radius 1 is 0.988 bits per heavy atom. The van der Waals surface area contributed by atoms with Crippen LogP contribution in [-0.4, -0.2) is 140 Å². The Morgan fingerprint density at radius 3 is 2.55 bits per heavy atom. The fourth-order valence-corrected chi connectivity index (χ4v) is 15.8. The lowest BCUT2D eigenvalue weighted by molar-refractivity contribution is -0.384. The third-order valence-electron chi connectivity index (χ3n) is 18.5. The maximum Gasteiger partial charge on any atom is 0.293 e. The number of aliphatic hydroxyl groups is 1. The summed E-state index contributed by atoms with van der Waals surface area (Å²) >= 11 is 1.80. The van der Waals surface area contributed by atoms with E-state index in [1.54, 1.807) is 31.6 Å². The summed E-state index contributed by atoms with van der Waals surface area (Å²) in [4.78, 5) is 48.6. The fourth-order valence-electron chi connectivity index (χ4n) is 13.7. The zero-order valence-corrected chi connectivity index (χ0v) is 48.9. The SMILES string of the molecule is COc1cc(CN2CCN(C3CC4(CCN(c5ccc(C(=O)NS(=O)(=O)c6ccc(NCC7CCC(C)(O)CC7)c([N+](=O)[O-])c6)c(N6c7cc8cc[nH]c8nc7O[C@H]7COCC[C@@H]76)c5)CC4)C3)[C@H](c3cscc3C(C)C)C2)cnc1OC. The van der Waals surface area contributed by atoms with Crippen molar-refractivity contribution in [2.75, 3.05) is 81.8 Å². The van der Waals surface area contributed by atoms with Gasteiger partial charge in [-0.2, -0.15) is 16.3 Å². The van der Waals surface area contributed by atoms with Gasteiger partial charge in [-0.25, -0.2) is 18.1 Å². The second-order valence-corrected chi connectivity index (χ2v) is 26.5. The highest BCUT2D eigenvalue weighted by Gasteiger charge is 2.51. The molecule has 2 aliphatic carbocycles. The zero-order chi connectivity index (χ0) is 57.1. The van der Waals surface area contributed by atoms with Gasteiger partial charge in [0.2, 0.25) is 5.88 Å². The molecule has 4 aromatic heterocycles. The number of nitro benzene ring substituents is 1. The number of sulfonamides is 1. The molecule has 5 fully saturated rings. The number of nitrogens with one attached hydrogen (secondary N) is 3. The summed E-state index contributed by atoms with van der Waals surface area (Å²) in [5.74, 6) is 1.20. The molecule has 0 bridgehead atoms. The predicted molar refractivity (Wildman–Crippen MR) is 315 cm³/mol. The molecule has 2 saturated carbocycles. The molecule has 12 rings (SSSR count). The van der Waals surface area contributed by atoms with Gasteiger partial charge in [0.05, 0.1) is 53.5 Å². The molecular formula is C60H74N10O10S2. The summed E-state index contributed by atoms with van der Waals surface area (Å²) in [6.07, 6.45) is 10.9. The Balaban J connectivity index is 0.792. The summed E-state index contributed by atoms with van der Waals surface area (Å²) in [6, 6.07) is 15.6. The number of amides is 1. The van der Waals surface area contributed by atoms with Gasteiger partial charge in [0, 0.05) is 94.0 Å². The fraction of sp³-hybridized carbons (Fsp3) is 0.517. The van der Waals surface area contributed by atoms with E-state index in [0.717, 1.165) is 100 Å². The van der Waals surface area contributed by atoms with Crippen LogP contribution in [0.1, 0.15) is 118 Å². The third kappa shape index (κ3) is 11.1. The topological polar surface area (TPSA) is 230 Å². The molecule has 82 heavy (non-hydrogen) atoms. The number of nitrogens with zero attached hydrogens (tertiary/aromatic N) is 7. The van der Waals surface area contributed by atoms with Gasteiger partial charge >= 0.3 is 0 Å². The number of rotatable bonds is 16. The van der Waals surface area contributed by atoms with E-state index < -0.39 is 43.1 Å². The monoisotopic (exact) mass is 1160 g/mol. The first-order chi connectivity index (χ1) is 39.5. The second-order valence-electron chi connectivity index (χ2n) is 24.1. The van der Waals surface area contributed by atoms with Crippen LogP contribution in [0, 0.1) is 21.4 Å². The molecular weight excluding hydrogens is 1080 g/mol. The molecule has 4 N–H and O–H groups in total. The van der Waals surface area contributed by atoms with E-state index >= 15 is 0 Å². The number of ether oxygens (including phenoxy) is 4. The Hall–Kier alpha value is -6.56. The van der Waals surface area contributed by atoms with Gasteiger partial charge in [0.15, 0.2) is 5.75 Å².